The minimum absolute atomic E-state index is 0.117. The fraction of sp³-hybridized carbons (Fsp3) is 0.500. The van der Waals surface area contributed by atoms with Gasteiger partial charge in [-0.3, -0.25) is 4.57 Å². The molecule has 0 saturated carbocycles. The van der Waals surface area contributed by atoms with E-state index in [2.05, 4.69) is 4.90 Å². The number of rotatable bonds is 4. The van der Waals surface area contributed by atoms with Crippen molar-refractivity contribution in [2.75, 3.05) is 14.1 Å². The summed E-state index contributed by atoms with van der Waals surface area (Å²) in [5.41, 5.74) is 8.46. The second kappa shape index (κ2) is 5.19. The molecule has 5 nitrogen and oxygen atoms in total. The highest BCUT2D eigenvalue weighted by atomic mass is 16.4. The predicted octanol–water partition coefficient (Wildman–Crippen LogP) is 1.47. The zero-order valence-electron chi connectivity index (χ0n) is 11.9. The molecule has 0 fully saturated rings. The van der Waals surface area contributed by atoms with E-state index in [1.54, 1.807) is 7.05 Å². The van der Waals surface area contributed by atoms with Crippen LogP contribution in [0.2, 0.25) is 0 Å². The summed E-state index contributed by atoms with van der Waals surface area (Å²) in [5.74, 6) is -0.333. The number of nitrogens with zero attached hydrogens (tertiary/aromatic N) is 2. The predicted molar refractivity (Wildman–Crippen MR) is 76.1 cm³/mol. The van der Waals surface area contributed by atoms with Crippen LogP contribution in [0, 0.1) is 0 Å². The first-order valence-corrected chi connectivity index (χ1v) is 6.41. The van der Waals surface area contributed by atoms with Gasteiger partial charge in [-0.1, -0.05) is 6.07 Å². The van der Waals surface area contributed by atoms with Gasteiger partial charge in [0.2, 0.25) is 0 Å². The molecule has 0 aliphatic carbocycles. The molecular formula is C14H21N3O2. The molecule has 1 aromatic heterocycles. The SMILES string of the molecule is CC(N)CC(c1ccc2c(c1)oc(=O)n2C)N(C)C. The molecule has 2 unspecified atom stereocenters. The summed E-state index contributed by atoms with van der Waals surface area (Å²) in [6, 6.07) is 6.22. The summed E-state index contributed by atoms with van der Waals surface area (Å²) in [4.78, 5) is 13.6. The number of aromatic nitrogens is 1. The summed E-state index contributed by atoms with van der Waals surface area (Å²) in [7, 11) is 5.76. The topological polar surface area (TPSA) is 64.4 Å². The first kappa shape index (κ1) is 13.8. The highest BCUT2D eigenvalue weighted by molar-refractivity contribution is 5.73. The molecule has 5 heteroatoms. The third kappa shape index (κ3) is 2.72. The van der Waals surface area contributed by atoms with Gasteiger partial charge in [0.25, 0.3) is 0 Å². The second-order valence-electron chi connectivity index (χ2n) is 5.35. The van der Waals surface area contributed by atoms with E-state index >= 15 is 0 Å². The summed E-state index contributed by atoms with van der Waals surface area (Å²) < 4.78 is 6.74. The average molecular weight is 263 g/mol. The Morgan fingerprint density at radius 3 is 2.68 bits per heavy atom. The van der Waals surface area contributed by atoms with Crippen molar-refractivity contribution in [2.45, 2.75) is 25.4 Å². The molecule has 0 radical (unpaired) electrons. The zero-order chi connectivity index (χ0) is 14.2. The summed E-state index contributed by atoms with van der Waals surface area (Å²) >= 11 is 0. The maximum absolute atomic E-state index is 11.5. The highest BCUT2D eigenvalue weighted by Crippen LogP contribution is 2.26. The Kier molecular flexibility index (Phi) is 3.78. The van der Waals surface area contributed by atoms with Gasteiger partial charge in [-0.25, -0.2) is 4.79 Å². The van der Waals surface area contributed by atoms with E-state index in [1.807, 2.05) is 39.2 Å². The van der Waals surface area contributed by atoms with Gasteiger partial charge < -0.3 is 15.1 Å². The van der Waals surface area contributed by atoms with Gasteiger partial charge in [-0.2, -0.15) is 0 Å². The lowest BCUT2D eigenvalue weighted by Gasteiger charge is -2.26. The van der Waals surface area contributed by atoms with Crippen LogP contribution in [-0.2, 0) is 7.05 Å². The third-order valence-electron chi connectivity index (χ3n) is 3.42. The van der Waals surface area contributed by atoms with Crippen molar-refractivity contribution in [1.82, 2.24) is 9.47 Å². The monoisotopic (exact) mass is 263 g/mol. The molecule has 0 bridgehead atoms. The molecule has 0 spiro atoms. The Morgan fingerprint density at radius 1 is 1.42 bits per heavy atom. The molecule has 0 amide bonds. The first-order chi connectivity index (χ1) is 8.90. The maximum Gasteiger partial charge on any atom is 0.419 e. The van der Waals surface area contributed by atoms with E-state index in [9.17, 15) is 4.79 Å². The Labute approximate surface area is 112 Å². The summed E-state index contributed by atoms with van der Waals surface area (Å²) in [6.07, 6.45) is 0.857. The van der Waals surface area contributed by atoms with Crippen LogP contribution in [0.5, 0.6) is 0 Å². The van der Waals surface area contributed by atoms with E-state index in [1.165, 1.54) is 4.57 Å². The molecule has 0 aliphatic heterocycles. The van der Waals surface area contributed by atoms with Crippen LogP contribution < -0.4 is 11.5 Å². The van der Waals surface area contributed by atoms with Crippen molar-refractivity contribution in [2.24, 2.45) is 12.8 Å². The molecule has 1 heterocycles. The van der Waals surface area contributed by atoms with Crippen LogP contribution >= 0.6 is 0 Å². The van der Waals surface area contributed by atoms with Crippen LogP contribution in [0.4, 0.5) is 0 Å². The van der Waals surface area contributed by atoms with Crippen LogP contribution in [0.1, 0.15) is 24.9 Å². The fourth-order valence-electron chi connectivity index (χ4n) is 2.35. The standard InChI is InChI=1S/C14H21N3O2/c1-9(15)7-12(16(2)3)10-5-6-11-13(8-10)19-14(18)17(11)4/h5-6,8-9,12H,7,15H2,1-4H3. The molecule has 2 rings (SSSR count). The molecule has 2 N–H and O–H groups in total. The van der Waals surface area contributed by atoms with Crippen molar-refractivity contribution < 1.29 is 4.42 Å². The molecule has 104 valence electrons. The molecule has 2 aromatic rings. The largest absolute Gasteiger partial charge is 0.419 e. The van der Waals surface area contributed by atoms with Crippen LogP contribution in [-0.4, -0.2) is 29.6 Å². The van der Waals surface area contributed by atoms with E-state index in [-0.39, 0.29) is 17.8 Å². The van der Waals surface area contributed by atoms with Gasteiger partial charge in [0.1, 0.15) is 0 Å². The Balaban J connectivity index is 2.46. The molecule has 0 saturated heterocycles. The van der Waals surface area contributed by atoms with Gasteiger partial charge in [0.05, 0.1) is 5.52 Å². The minimum atomic E-state index is -0.333. The molecule has 2 atom stereocenters. The highest BCUT2D eigenvalue weighted by Gasteiger charge is 2.17. The Bertz CT molecular complexity index is 625. The number of hydrogen-bond acceptors (Lipinski definition) is 4. The normalized spacial score (nSPS) is 15.1. The van der Waals surface area contributed by atoms with Gasteiger partial charge >= 0.3 is 5.76 Å². The number of hydrogen-bond donors (Lipinski definition) is 1. The number of nitrogens with two attached hydrogens (primary N) is 1. The number of aryl methyl sites for hydroxylation is 1. The van der Waals surface area contributed by atoms with Gasteiger partial charge in [0.15, 0.2) is 5.58 Å². The van der Waals surface area contributed by atoms with E-state index in [0.717, 1.165) is 17.5 Å². The first-order valence-electron chi connectivity index (χ1n) is 6.41. The summed E-state index contributed by atoms with van der Waals surface area (Å²) in [6.45, 7) is 2.00. The second-order valence-corrected chi connectivity index (χ2v) is 5.35. The average Bonchev–Trinajstić information content (AvgIpc) is 2.61. The Morgan fingerprint density at radius 2 is 2.11 bits per heavy atom. The summed E-state index contributed by atoms with van der Waals surface area (Å²) in [5, 5.41) is 0. The van der Waals surface area contributed by atoms with Gasteiger partial charge in [-0.05, 0) is 45.1 Å². The Hall–Kier alpha value is -1.59. The molecule has 19 heavy (non-hydrogen) atoms. The van der Waals surface area contributed by atoms with Crippen molar-refractivity contribution in [3.05, 3.63) is 34.3 Å². The van der Waals surface area contributed by atoms with Gasteiger partial charge in [-0.15, -0.1) is 0 Å². The van der Waals surface area contributed by atoms with Gasteiger partial charge in [0, 0.05) is 19.1 Å². The number of benzene rings is 1. The molecule has 1 aromatic carbocycles. The number of oxazole rings is 1. The molecular weight excluding hydrogens is 242 g/mol. The third-order valence-corrected chi connectivity index (χ3v) is 3.42. The van der Waals surface area contributed by atoms with E-state index in [4.69, 9.17) is 10.2 Å². The fourth-order valence-corrected chi connectivity index (χ4v) is 2.35. The van der Waals surface area contributed by atoms with E-state index in [0.29, 0.717) is 5.58 Å². The lowest BCUT2D eigenvalue weighted by molar-refractivity contribution is 0.272. The lowest BCUT2D eigenvalue weighted by Crippen LogP contribution is -2.27. The maximum atomic E-state index is 11.5. The number of fused-ring (bicyclic) bond motifs is 1. The quantitative estimate of drug-likeness (QED) is 0.907. The van der Waals surface area contributed by atoms with Crippen LogP contribution in [0.15, 0.2) is 27.4 Å². The minimum Gasteiger partial charge on any atom is -0.408 e. The van der Waals surface area contributed by atoms with E-state index < -0.39 is 0 Å². The van der Waals surface area contributed by atoms with Crippen molar-refractivity contribution >= 4 is 11.1 Å². The van der Waals surface area contributed by atoms with Crippen molar-refractivity contribution in [3.63, 3.8) is 0 Å². The smallest absolute Gasteiger partial charge is 0.408 e. The van der Waals surface area contributed by atoms with Crippen molar-refractivity contribution in [3.8, 4) is 0 Å². The molecule has 0 aliphatic rings. The van der Waals surface area contributed by atoms with Crippen molar-refractivity contribution in [1.29, 1.82) is 0 Å². The zero-order valence-corrected chi connectivity index (χ0v) is 11.9. The van der Waals surface area contributed by atoms with Crippen LogP contribution in [0.3, 0.4) is 0 Å². The lowest BCUT2D eigenvalue weighted by atomic mass is 9.99. The van der Waals surface area contributed by atoms with Crippen LogP contribution in [0.25, 0.3) is 11.1 Å².